The summed E-state index contributed by atoms with van der Waals surface area (Å²) in [5.41, 5.74) is 8.36. The highest BCUT2D eigenvalue weighted by atomic mass is 19.1. The Hall–Kier alpha value is -3.41. The van der Waals surface area contributed by atoms with E-state index < -0.39 is 5.91 Å². The first-order valence-corrected chi connectivity index (χ1v) is 7.67. The second kappa shape index (κ2) is 4.57. The number of carbonyl (C=O) groups excluding carboxylic acids is 1. The number of primary amides is 1. The van der Waals surface area contributed by atoms with Crippen molar-refractivity contribution in [2.45, 2.75) is 0 Å². The lowest BCUT2D eigenvalue weighted by molar-refractivity contribution is 0.100. The third-order valence-electron chi connectivity index (χ3n) is 4.64. The highest BCUT2D eigenvalue weighted by molar-refractivity contribution is 6.25. The maximum absolute atomic E-state index is 13.7. The number of nitrogens with two attached hydrogens (primary N) is 1. The van der Waals surface area contributed by atoms with Crippen molar-refractivity contribution in [2.75, 3.05) is 0 Å². The quantitative estimate of drug-likeness (QED) is 0.419. The van der Waals surface area contributed by atoms with Crippen molar-refractivity contribution in [3.8, 4) is 0 Å². The molecule has 0 aliphatic rings. The van der Waals surface area contributed by atoms with Crippen LogP contribution < -0.4 is 5.73 Å². The Morgan fingerprint density at radius 3 is 1.68 bits per heavy atom. The molecule has 0 saturated carbocycles. The van der Waals surface area contributed by atoms with Gasteiger partial charge in [0.1, 0.15) is 11.6 Å². The summed E-state index contributed by atoms with van der Waals surface area (Å²) in [7, 11) is 0. The van der Waals surface area contributed by atoms with E-state index in [2.05, 4.69) is 9.97 Å². The van der Waals surface area contributed by atoms with Gasteiger partial charge in [-0.3, -0.25) is 4.79 Å². The molecule has 0 fully saturated rings. The van der Waals surface area contributed by atoms with Gasteiger partial charge in [-0.2, -0.15) is 0 Å². The van der Waals surface area contributed by atoms with Crippen LogP contribution in [0, 0.1) is 11.6 Å². The van der Waals surface area contributed by atoms with E-state index in [1.807, 2.05) is 6.07 Å². The van der Waals surface area contributed by atoms with E-state index in [0.717, 1.165) is 0 Å². The van der Waals surface area contributed by atoms with Crippen LogP contribution in [0.3, 0.4) is 0 Å². The van der Waals surface area contributed by atoms with Gasteiger partial charge >= 0.3 is 0 Å². The Morgan fingerprint density at radius 2 is 1.24 bits per heavy atom. The van der Waals surface area contributed by atoms with Gasteiger partial charge in [0.15, 0.2) is 0 Å². The molecule has 5 rings (SSSR count). The summed E-state index contributed by atoms with van der Waals surface area (Å²) in [5.74, 6) is -1.37. The number of halogens is 2. The summed E-state index contributed by atoms with van der Waals surface area (Å²) in [5, 5.41) is 2.62. The summed E-state index contributed by atoms with van der Waals surface area (Å²) in [4.78, 5) is 18.4. The second-order valence-corrected chi connectivity index (χ2v) is 6.09. The Kier molecular flexibility index (Phi) is 2.55. The number of hydrogen-bond donors (Lipinski definition) is 3. The molecular weight excluding hydrogens is 324 g/mol. The Morgan fingerprint density at radius 1 is 0.760 bits per heavy atom. The molecule has 0 aliphatic carbocycles. The first-order chi connectivity index (χ1) is 12.0. The monoisotopic (exact) mass is 335 g/mol. The van der Waals surface area contributed by atoms with E-state index in [9.17, 15) is 13.6 Å². The fourth-order valence-corrected chi connectivity index (χ4v) is 3.58. The van der Waals surface area contributed by atoms with Crippen LogP contribution in [0.4, 0.5) is 8.78 Å². The number of hydrogen-bond acceptors (Lipinski definition) is 1. The molecule has 25 heavy (non-hydrogen) atoms. The molecule has 1 amide bonds. The van der Waals surface area contributed by atoms with Gasteiger partial charge < -0.3 is 15.7 Å². The molecule has 2 heterocycles. The molecule has 0 spiro atoms. The molecule has 0 aliphatic heterocycles. The summed E-state index contributed by atoms with van der Waals surface area (Å²) in [6.07, 6.45) is 0. The normalized spacial score (nSPS) is 11.9. The van der Waals surface area contributed by atoms with Crippen LogP contribution in [0.1, 0.15) is 10.4 Å². The number of nitrogens with one attached hydrogen (secondary N) is 2. The predicted molar refractivity (Wildman–Crippen MR) is 93.6 cm³/mol. The molecule has 0 bridgehead atoms. The Bertz CT molecular complexity index is 1250. The maximum atomic E-state index is 13.7. The SMILES string of the molecule is NC(=O)c1c2[nH]c3ccc(F)cc3c2cc2c1[nH]c1ccc(F)cc12. The van der Waals surface area contributed by atoms with E-state index in [0.29, 0.717) is 43.6 Å². The zero-order chi connectivity index (χ0) is 17.3. The van der Waals surface area contributed by atoms with Crippen molar-refractivity contribution in [1.29, 1.82) is 0 Å². The van der Waals surface area contributed by atoms with Gasteiger partial charge in [0.25, 0.3) is 5.91 Å². The van der Waals surface area contributed by atoms with Gasteiger partial charge in [-0.25, -0.2) is 8.78 Å². The van der Waals surface area contributed by atoms with Crippen molar-refractivity contribution in [3.05, 3.63) is 59.7 Å². The average molecular weight is 335 g/mol. The third-order valence-corrected chi connectivity index (χ3v) is 4.64. The lowest BCUT2D eigenvalue weighted by atomic mass is 10.0. The molecule has 0 unspecified atom stereocenters. The average Bonchev–Trinajstić information content (AvgIpc) is 3.10. The minimum atomic E-state index is -0.616. The van der Waals surface area contributed by atoms with Crippen molar-refractivity contribution < 1.29 is 13.6 Å². The van der Waals surface area contributed by atoms with Gasteiger partial charge in [-0.1, -0.05) is 0 Å². The minimum absolute atomic E-state index is 0.278. The molecule has 4 N–H and O–H groups in total. The summed E-state index contributed by atoms with van der Waals surface area (Å²) >= 11 is 0. The molecular formula is C19H11F2N3O. The topological polar surface area (TPSA) is 74.7 Å². The molecule has 0 atom stereocenters. The van der Waals surface area contributed by atoms with Crippen molar-refractivity contribution >= 4 is 49.5 Å². The summed E-state index contributed by atoms with van der Waals surface area (Å²) in [6.45, 7) is 0. The number of benzene rings is 3. The number of aromatic amines is 2. The van der Waals surface area contributed by atoms with Crippen LogP contribution in [0.5, 0.6) is 0 Å². The number of carbonyl (C=O) groups is 1. The van der Waals surface area contributed by atoms with Gasteiger partial charge in [0.2, 0.25) is 0 Å². The minimum Gasteiger partial charge on any atom is -0.365 e. The van der Waals surface area contributed by atoms with E-state index in [4.69, 9.17) is 5.73 Å². The first kappa shape index (κ1) is 14.0. The third kappa shape index (κ3) is 1.82. The van der Waals surface area contributed by atoms with Crippen LogP contribution >= 0.6 is 0 Å². The van der Waals surface area contributed by atoms with Gasteiger partial charge in [-0.15, -0.1) is 0 Å². The zero-order valence-electron chi connectivity index (χ0n) is 12.8. The van der Waals surface area contributed by atoms with Crippen molar-refractivity contribution in [3.63, 3.8) is 0 Å². The predicted octanol–water partition coefficient (Wildman–Crippen LogP) is 4.33. The van der Waals surface area contributed by atoms with E-state index in [1.165, 1.54) is 24.3 Å². The number of H-pyrrole nitrogens is 2. The van der Waals surface area contributed by atoms with Gasteiger partial charge in [0, 0.05) is 32.6 Å². The molecule has 4 nitrogen and oxygen atoms in total. The van der Waals surface area contributed by atoms with Gasteiger partial charge in [0.05, 0.1) is 16.6 Å². The Labute approximate surface area is 139 Å². The lowest BCUT2D eigenvalue weighted by Crippen LogP contribution is -2.12. The Balaban J connectivity index is 2.09. The smallest absolute Gasteiger partial charge is 0.252 e. The standard InChI is InChI=1S/C19H11F2N3O/c20-8-1-3-14-10(5-8)12-7-13-11-6-9(21)2-4-15(11)24-18(13)16(19(22)25)17(12)23-14/h1-7,23-24H,(H2,22,25). The maximum Gasteiger partial charge on any atom is 0.252 e. The van der Waals surface area contributed by atoms with Crippen LogP contribution in [0.25, 0.3) is 43.6 Å². The van der Waals surface area contributed by atoms with E-state index >= 15 is 0 Å². The fourth-order valence-electron chi connectivity index (χ4n) is 3.58. The number of rotatable bonds is 1. The summed E-state index contributed by atoms with van der Waals surface area (Å²) in [6, 6.07) is 10.5. The lowest BCUT2D eigenvalue weighted by Gasteiger charge is -2.02. The molecule has 0 radical (unpaired) electrons. The van der Waals surface area contributed by atoms with Crippen molar-refractivity contribution in [1.82, 2.24) is 9.97 Å². The van der Waals surface area contributed by atoms with E-state index in [1.54, 1.807) is 12.1 Å². The molecule has 2 aromatic heterocycles. The van der Waals surface area contributed by atoms with Crippen LogP contribution in [-0.4, -0.2) is 15.9 Å². The second-order valence-electron chi connectivity index (χ2n) is 6.09. The molecule has 122 valence electrons. The zero-order valence-corrected chi connectivity index (χ0v) is 12.8. The fraction of sp³-hybridized carbons (Fsp3) is 0. The first-order valence-electron chi connectivity index (χ1n) is 7.67. The largest absolute Gasteiger partial charge is 0.365 e. The van der Waals surface area contributed by atoms with Crippen LogP contribution in [0.15, 0.2) is 42.5 Å². The molecule has 3 aromatic carbocycles. The van der Waals surface area contributed by atoms with Crippen LogP contribution in [-0.2, 0) is 0 Å². The number of aromatic nitrogens is 2. The molecule has 5 aromatic rings. The van der Waals surface area contributed by atoms with Gasteiger partial charge in [-0.05, 0) is 42.5 Å². The van der Waals surface area contributed by atoms with Crippen LogP contribution in [0.2, 0.25) is 0 Å². The van der Waals surface area contributed by atoms with E-state index in [-0.39, 0.29) is 17.2 Å². The number of amides is 1. The highest BCUT2D eigenvalue weighted by Crippen LogP contribution is 2.36. The highest BCUT2D eigenvalue weighted by Gasteiger charge is 2.19. The van der Waals surface area contributed by atoms with Crippen molar-refractivity contribution in [2.24, 2.45) is 5.73 Å². The molecule has 0 saturated heterocycles. The molecule has 6 heteroatoms. The summed E-state index contributed by atoms with van der Waals surface area (Å²) < 4.78 is 27.4. The number of fused-ring (bicyclic) bond motifs is 6.